The van der Waals surface area contributed by atoms with Crippen LogP contribution in [0.4, 0.5) is 5.69 Å². The van der Waals surface area contributed by atoms with Crippen molar-refractivity contribution in [3.8, 4) is 11.5 Å². The molecule has 0 saturated heterocycles. The quantitative estimate of drug-likeness (QED) is 0.431. The summed E-state index contributed by atoms with van der Waals surface area (Å²) >= 11 is 0. The van der Waals surface area contributed by atoms with Gasteiger partial charge in [0.05, 0.1) is 4.92 Å². The minimum absolute atomic E-state index is 0.231. The van der Waals surface area contributed by atoms with Crippen LogP contribution in [0.15, 0.2) is 27.4 Å². The highest BCUT2D eigenvalue weighted by molar-refractivity contribution is 5.82. The predicted octanol–water partition coefficient (Wildman–Crippen LogP) is 1.47. The summed E-state index contributed by atoms with van der Waals surface area (Å²) < 4.78 is 15.6. The first-order valence-electron chi connectivity index (χ1n) is 5.17. The maximum atomic E-state index is 11.4. The molecular formula is C11H7NO6. The largest absolute Gasteiger partial charge is 0.486 e. The van der Waals surface area contributed by atoms with E-state index >= 15 is 0 Å². The van der Waals surface area contributed by atoms with E-state index in [1.165, 1.54) is 12.1 Å². The van der Waals surface area contributed by atoms with Gasteiger partial charge in [-0.05, 0) is 6.07 Å². The lowest BCUT2D eigenvalue weighted by Crippen LogP contribution is -2.15. The van der Waals surface area contributed by atoms with Gasteiger partial charge >= 0.3 is 11.3 Å². The molecule has 1 aliphatic rings. The number of rotatable bonds is 1. The van der Waals surface area contributed by atoms with E-state index < -0.39 is 16.2 Å². The van der Waals surface area contributed by atoms with E-state index in [1.54, 1.807) is 6.07 Å². The van der Waals surface area contributed by atoms with Gasteiger partial charge in [0.15, 0.2) is 11.5 Å². The Bertz CT molecular complexity index is 704. The Labute approximate surface area is 99.7 Å². The fraction of sp³-hybridized carbons (Fsp3) is 0.182. The van der Waals surface area contributed by atoms with Crippen LogP contribution < -0.4 is 15.1 Å². The van der Waals surface area contributed by atoms with Crippen LogP contribution in [0.2, 0.25) is 0 Å². The molecule has 0 N–H and O–H groups in total. The Hall–Kier alpha value is -2.57. The van der Waals surface area contributed by atoms with Gasteiger partial charge in [0.2, 0.25) is 0 Å². The molecule has 2 aromatic rings. The lowest BCUT2D eigenvalue weighted by atomic mass is 10.2. The van der Waals surface area contributed by atoms with Gasteiger partial charge in [-0.25, -0.2) is 4.79 Å². The average Bonchev–Trinajstić information content (AvgIpc) is 2.35. The fourth-order valence-corrected chi connectivity index (χ4v) is 1.77. The fourth-order valence-electron chi connectivity index (χ4n) is 1.77. The van der Waals surface area contributed by atoms with Gasteiger partial charge in [-0.2, -0.15) is 0 Å². The molecule has 0 fully saturated rings. The average molecular weight is 249 g/mol. The lowest BCUT2D eigenvalue weighted by Gasteiger charge is -2.18. The first-order valence-corrected chi connectivity index (χ1v) is 5.17. The summed E-state index contributed by atoms with van der Waals surface area (Å²) in [4.78, 5) is 21.2. The summed E-state index contributed by atoms with van der Waals surface area (Å²) in [6.07, 6.45) is 0. The van der Waals surface area contributed by atoms with Crippen LogP contribution in [0.25, 0.3) is 11.0 Å². The van der Waals surface area contributed by atoms with Crippen molar-refractivity contribution in [3.63, 3.8) is 0 Å². The number of ether oxygens (including phenoxy) is 2. The predicted molar refractivity (Wildman–Crippen MR) is 60.1 cm³/mol. The highest BCUT2D eigenvalue weighted by atomic mass is 16.6. The van der Waals surface area contributed by atoms with Crippen LogP contribution in [-0.4, -0.2) is 18.1 Å². The molecule has 1 aliphatic heterocycles. The van der Waals surface area contributed by atoms with Crippen molar-refractivity contribution in [2.24, 2.45) is 0 Å². The maximum Gasteiger partial charge on any atom is 0.415 e. The highest BCUT2D eigenvalue weighted by Gasteiger charge is 2.19. The molecule has 0 atom stereocenters. The molecule has 7 nitrogen and oxygen atoms in total. The van der Waals surface area contributed by atoms with E-state index in [2.05, 4.69) is 0 Å². The smallest absolute Gasteiger partial charge is 0.415 e. The van der Waals surface area contributed by atoms with E-state index in [1.807, 2.05) is 0 Å². The molecule has 0 radical (unpaired) electrons. The van der Waals surface area contributed by atoms with Gasteiger partial charge in [0, 0.05) is 17.5 Å². The molecule has 0 saturated carbocycles. The van der Waals surface area contributed by atoms with E-state index in [-0.39, 0.29) is 5.58 Å². The number of hydrogen-bond donors (Lipinski definition) is 0. The SMILES string of the molecule is O=c1oc2cc3c(cc2cc1[N+](=O)[O-])OCCO3. The van der Waals surface area contributed by atoms with Crippen LogP contribution in [0.3, 0.4) is 0 Å². The maximum absolute atomic E-state index is 11.4. The molecule has 18 heavy (non-hydrogen) atoms. The van der Waals surface area contributed by atoms with Crippen LogP contribution in [0, 0.1) is 10.1 Å². The Kier molecular flexibility index (Phi) is 2.19. The van der Waals surface area contributed by atoms with Crippen LogP contribution in [0.1, 0.15) is 0 Å². The second kappa shape index (κ2) is 3.73. The zero-order valence-electron chi connectivity index (χ0n) is 9.04. The van der Waals surface area contributed by atoms with E-state index in [0.717, 1.165) is 0 Å². The number of nitro groups is 1. The summed E-state index contributed by atoms with van der Waals surface area (Å²) in [7, 11) is 0. The van der Waals surface area contributed by atoms with E-state index in [4.69, 9.17) is 13.9 Å². The van der Waals surface area contributed by atoms with Crippen molar-refractivity contribution < 1.29 is 18.8 Å². The molecule has 0 spiro atoms. The normalized spacial score (nSPS) is 13.6. The molecule has 0 aliphatic carbocycles. The van der Waals surface area contributed by atoms with E-state index in [0.29, 0.717) is 30.1 Å². The summed E-state index contributed by atoms with van der Waals surface area (Å²) in [6, 6.07) is 4.22. The number of nitrogens with zero attached hydrogens (tertiary/aromatic N) is 1. The molecule has 1 aromatic heterocycles. The van der Waals surface area contributed by atoms with Gasteiger partial charge in [-0.15, -0.1) is 0 Å². The first kappa shape index (κ1) is 10.6. The van der Waals surface area contributed by atoms with Crippen molar-refractivity contribution in [1.29, 1.82) is 0 Å². The number of hydrogen-bond acceptors (Lipinski definition) is 6. The Morgan fingerprint density at radius 1 is 1.11 bits per heavy atom. The molecule has 0 amide bonds. The van der Waals surface area contributed by atoms with Gasteiger partial charge in [0.1, 0.15) is 18.8 Å². The molecule has 3 rings (SSSR count). The highest BCUT2D eigenvalue weighted by Crippen LogP contribution is 2.34. The minimum atomic E-state index is -0.982. The van der Waals surface area contributed by atoms with Crippen molar-refractivity contribution >= 4 is 16.7 Å². The van der Waals surface area contributed by atoms with Crippen molar-refractivity contribution in [3.05, 3.63) is 38.7 Å². The van der Waals surface area contributed by atoms with Gasteiger partial charge in [-0.1, -0.05) is 0 Å². The number of fused-ring (bicyclic) bond motifs is 2. The summed E-state index contributed by atoms with van der Waals surface area (Å²) in [5.74, 6) is 0.947. The second-order valence-electron chi connectivity index (χ2n) is 3.71. The third-order valence-electron chi connectivity index (χ3n) is 2.58. The van der Waals surface area contributed by atoms with Gasteiger partial charge in [-0.3, -0.25) is 10.1 Å². The Morgan fingerprint density at radius 3 is 2.44 bits per heavy atom. The van der Waals surface area contributed by atoms with Gasteiger partial charge < -0.3 is 13.9 Å². The third-order valence-corrected chi connectivity index (χ3v) is 2.58. The lowest BCUT2D eigenvalue weighted by molar-refractivity contribution is -0.387. The summed E-state index contributed by atoms with van der Waals surface area (Å²) in [5.41, 5.74) is -1.35. The van der Waals surface area contributed by atoms with Crippen LogP contribution in [0.5, 0.6) is 11.5 Å². The Morgan fingerprint density at radius 2 is 1.78 bits per heavy atom. The Balaban J connectivity index is 2.28. The third kappa shape index (κ3) is 1.56. The summed E-state index contributed by atoms with van der Waals surface area (Å²) in [5, 5.41) is 11.1. The standard InChI is InChI=1S/C11H7NO6/c13-11-7(12(14)15)3-6-4-9-10(5-8(6)18-11)17-2-1-16-9/h3-5H,1-2H2. The number of benzene rings is 1. The topological polar surface area (TPSA) is 91.8 Å². The molecule has 7 heteroatoms. The molecule has 92 valence electrons. The van der Waals surface area contributed by atoms with E-state index in [9.17, 15) is 14.9 Å². The molecule has 1 aromatic carbocycles. The van der Waals surface area contributed by atoms with Crippen LogP contribution in [-0.2, 0) is 0 Å². The van der Waals surface area contributed by atoms with Gasteiger partial charge in [0.25, 0.3) is 0 Å². The molecule has 0 bridgehead atoms. The first-order chi connectivity index (χ1) is 8.65. The molecular weight excluding hydrogens is 242 g/mol. The monoisotopic (exact) mass is 249 g/mol. The van der Waals surface area contributed by atoms with Crippen molar-refractivity contribution in [2.75, 3.05) is 13.2 Å². The minimum Gasteiger partial charge on any atom is -0.486 e. The van der Waals surface area contributed by atoms with Crippen molar-refractivity contribution in [2.45, 2.75) is 0 Å². The van der Waals surface area contributed by atoms with Crippen molar-refractivity contribution in [1.82, 2.24) is 0 Å². The summed E-state index contributed by atoms with van der Waals surface area (Å²) in [6.45, 7) is 0.826. The zero-order chi connectivity index (χ0) is 12.7. The van der Waals surface area contributed by atoms with Crippen LogP contribution >= 0.6 is 0 Å². The second-order valence-corrected chi connectivity index (χ2v) is 3.71. The molecule has 2 heterocycles. The molecule has 0 unspecified atom stereocenters. The zero-order valence-corrected chi connectivity index (χ0v) is 9.04.